The first-order valence-electron chi connectivity index (χ1n) is 5.44. The second-order valence-electron chi connectivity index (χ2n) is 4.04. The largest absolute Gasteiger partial charge is 0.437 e. The summed E-state index contributed by atoms with van der Waals surface area (Å²) in [6.45, 7) is 6.87. The molecule has 4 nitrogen and oxygen atoms in total. The van der Waals surface area contributed by atoms with Crippen molar-refractivity contribution < 1.29 is 13.9 Å². The van der Waals surface area contributed by atoms with E-state index in [2.05, 4.69) is 0 Å². The van der Waals surface area contributed by atoms with Crippen molar-refractivity contribution in [1.82, 2.24) is 0 Å². The summed E-state index contributed by atoms with van der Waals surface area (Å²) in [4.78, 5) is 13.0. The van der Waals surface area contributed by atoms with Crippen molar-refractivity contribution in [1.29, 1.82) is 0 Å². The van der Waals surface area contributed by atoms with Gasteiger partial charge in [0.05, 0.1) is 12.7 Å². The molecule has 16 heavy (non-hydrogen) atoms. The summed E-state index contributed by atoms with van der Waals surface area (Å²) < 4.78 is 10.8. The number of anilines is 1. The molecule has 0 aliphatic carbocycles. The zero-order valence-corrected chi connectivity index (χ0v) is 10.3. The number of furan rings is 1. The normalized spacial score (nSPS) is 10.8. The fourth-order valence-electron chi connectivity index (χ4n) is 1.26. The van der Waals surface area contributed by atoms with Gasteiger partial charge in [0.15, 0.2) is 17.4 Å². The van der Waals surface area contributed by atoms with Crippen molar-refractivity contribution in [2.75, 3.05) is 25.1 Å². The van der Waals surface area contributed by atoms with Crippen molar-refractivity contribution in [2.24, 2.45) is 0 Å². The quantitative estimate of drug-likeness (QED) is 0.697. The number of Topliss-reactive ketones (excluding diaryl/α,β-unsaturated/α-hetero) is 1. The minimum absolute atomic E-state index is 0.0573. The van der Waals surface area contributed by atoms with Crippen LogP contribution < -0.4 is 4.90 Å². The van der Waals surface area contributed by atoms with Gasteiger partial charge in [-0.05, 0) is 19.9 Å². The highest BCUT2D eigenvalue weighted by atomic mass is 16.5. The standard InChI is InChI=1S/C12H19NO3/c1-9(2)15-8-7-13(4)12-6-5-11(16-12)10(3)14/h5-6,9H,7-8H2,1-4H3. The second-order valence-corrected chi connectivity index (χ2v) is 4.04. The van der Waals surface area contributed by atoms with Crippen LogP contribution in [0.25, 0.3) is 0 Å². The zero-order valence-electron chi connectivity index (χ0n) is 10.3. The maximum absolute atomic E-state index is 11.0. The highest BCUT2D eigenvalue weighted by Gasteiger charge is 2.09. The molecule has 0 saturated heterocycles. The number of likely N-dealkylation sites (N-methyl/N-ethyl adjacent to an activating group) is 1. The van der Waals surface area contributed by atoms with Crippen molar-refractivity contribution in [3.63, 3.8) is 0 Å². The van der Waals surface area contributed by atoms with Gasteiger partial charge >= 0.3 is 0 Å². The Kier molecular flexibility index (Phi) is 4.55. The third-order valence-electron chi connectivity index (χ3n) is 2.19. The molecule has 0 fully saturated rings. The molecule has 0 amide bonds. The van der Waals surface area contributed by atoms with Crippen LogP contribution in [-0.4, -0.2) is 32.1 Å². The topological polar surface area (TPSA) is 42.7 Å². The minimum atomic E-state index is -0.0573. The summed E-state index contributed by atoms with van der Waals surface area (Å²) >= 11 is 0. The average Bonchev–Trinajstić information content (AvgIpc) is 2.65. The number of hydrogen-bond donors (Lipinski definition) is 0. The molecule has 0 radical (unpaired) electrons. The molecule has 0 spiro atoms. The smallest absolute Gasteiger partial charge is 0.196 e. The van der Waals surface area contributed by atoms with E-state index in [1.54, 1.807) is 12.1 Å². The van der Waals surface area contributed by atoms with Gasteiger partial charge in [0.1, 0.15) is 0 Å². The van der Waals surface area contributed by atoms with Gasteiger partial charge in [-0.1, -0.05) is 0 Å². The van der Waals surface area contributed by atoms with Crippen LogP contribution in [-0.2, 0) is 4.74 Å². The molecule has 1 aromatic rings. The molecule has 0 saturated carbocycles. The highest BCUT2D eigenvalue weighted by molar-refractivity contribution is 5.91. The van der Waals surface area contributed by atoms with Crippen LogP contribution in [0.5, 0.6) is 0 Å². The van der Waals surface area contributed by atoms with Gasteiger partial charge in [-0.15, -0.1) is 0 Å². The van der Waals surface area contributed by atoms with Crippen LogP contribution in [0.3, 0.4) is 0 Å². The van der Waals surface area contributed by atoms with Crippen LogP contribution in [0.2, 0.25) is 0 Å². The lowest BCUT2D eigenvalue weighted by atomic mass is 10.3. The molecule has 0 aliphatic heterocycles. The average molecular weight is 225 g/mol. The van der Waals surface area contributed by atoms with E-state index >= 15 is 0 Å². The molecule has 0 aliphatic rings. The SMILES string of the molecule is CC(=O)c1ccc(N(C)CCOC(C)C)o1. The monoisotopic (exact) mass is 225 g/mol. The molecule has 1 aromatic heterocycles. The Bertz CT molecular complexity index is 344. The Morgan fingerprint density at radius 2 is 2.19 bits per heavy atom. The molecule has 1 heterocycles. The zero-order chi connectivity index (χ0) is 12.1. The van der Waals surface area contributed by atoms with Crippen LogP contribution in [0.4, 0.5) is 5.88 Å². The Morgan fingerprint density at radius 3 is 2.69 bits per heavy atom. The molecule has 0 aromatic carbocycles. The van der Waals surface area contributed by atoms with Crippen molar-refractivity contribution in [3.8, 4) is 0 Å². The molecule has 0 atom stereocenters. The van der Waals surface area contributed by atoms with Gasteiger partial charge in [0, 0.05) is 26.6 Å². The molecule has 0 N–H and O–H groups in total. The summed E-state index contributed by atoms with van der Waals surface area (Å²) in [6.07, 6.45) is 0.234. The van der Waals surface area contributed by atoms with E-state index in [1.807, 2.05) is 25.8 Å². The predicted octanol–water partition coefficient (Wildman–Crippen LogP) is 2.34. The minimum Gasteiger partial charge on any atom is -0.437 e. The molecule has 0 unspecified atom stereocenters. The lowest BCUT2D eigenvalue weighted by molar-refractivity contribution is 0.0842. The third kappa shape index (κ3) is 3.70. The maximum atomic E-state index is 11.0. The van der Waals surface area contributed by atoms with Gasteiger partial charge in [0.2, 0.25) is 0 Å². The van der Waals surface area contributed by atoms with Gasteiger partial charge < -0.3 is 14.1 Å². The summed E-state index contributed by atoms with van der Waals surface area (Å²) in [5, 5.41) is 0. The molecule has 90 valence electrons. The highest BCUT2D eigenvalue weighted by Crippen LogP contribution is 2.17. The molecule has 1 rings (SSSR count). The van der Waals surface area contributed by atoms with E-state index in [-0.39, 0.29) is 11.9 Å². The Labute approximate surface area is 96.2 Å². The van der Waals surface area contributed by atoms with Crippen molar-refractivity contribution in [3.05, 3.63) is 17.9 Å². The van der Waals surface area contributed by atoms with Crippen LogP contribution in [0, 0.1) is 0 Å². The van der Waals surface area contributed by atoms with Crippen molar-refractivity contribution >= 4 is 11.7 Å². The first-order chi connectivity index (χ1) is 7.50. The van der Waals surface area contributed by atoms with Crippen LogP contribution >= 0.6 is 0 Å². The lowest BCUT2D eigenvalue weighted by Gasteiger charge is -2.16. The van der Waals surface area contributed by atoms with E-state index < -0.39 is 0 Å². The Balaban J connectivity index is 2.46. The summed E-state index contributed by atoms with van der Waals surface area (Å²) in [5.41, 5.74) is 0. The van der Waals surface area contributed by atoms with Gasteiger partial charge in [0.25, 0.3) is 0 Å². The van der Waals surface area contributed by atoms with E-state index in [4.69, 9.17) is 9.15 Å². The maximum Gasteiger partial charge on any atom is 0.196 e. The number of hydrogen-bond acceptors (Lipinski definition) is 4. The number of carbonyl (C=O) groups is 1. The molecular weight excluding hydrogens is 206 g/mol. The van der Waals surface area contributed by atoms with Crippen molar-refractivity contribution in [2.45, 2.75) is 26.9 Å². The number of carbonyl (C=O) groups excluding carboxylic acids is 1. The fourth-order valence-corrected chi connectivity index (χ4v) is 1.26. The first kappa shape index (κ1) is 12.8. The Morgan fingerprint density at radius 1 is 1.50 bits per heavy atom. The molecular formula is C12H19NO3. The van der Waals surface area contributed by atoms with Crippen LogP contribution in [0.1, 0.15) is 31.3 Å². The molecule has 4 heteroatoms. The summed E-state index contributed by atoms with van der Waals surface area (Å²) in [6, 6.07) is 3.49. The number of nitrogens with zero attached hydrogens (tertiary/aromatic N) is 1. The first-order valence-corrected chi connectivity index (χ1v) is 5.44. The van der Waals surface area contributed by atoms with Gasteiger partial charge in [-0.3, -0.25) is 4.79 Å². The summed E-state index contributed by atoms with van der Waals surface area (Å²) in [5.74, 6) is 1.03. The van der Waals surface area contributed by atoms with Crippen LogP contribution in [0.15, 0.2) is 16.5 Å². The number of rotatable bonds is 6. The third-order valence-corrected chi connectivity index (χ3v) is 2.19. The lowest BCUT2D eigenvalue weighted by Crippen LogP contribution is -2.23. The second kappa shape index (κ2) is 5.70. The Hall–Kier alpha value is -1.29. The molecule has 0 bridgehead atoms. The number of ether oxygens (including phenoxy) is 1. The van der Waals surface area contributed by atoms with E-state index in [9.17, 15) is 4.79 Å². The number of ketones is 1. The summed E-state index contributed by atoms with van der Waals surface area (Å²) in [7, 11) is 1.91. The van der Waals surface area contributed by atoms with E-state index in [0.29, 0.717) is 18.3 Å². The fraction of sp³-hybridized carbons (Fsp3) is 0.583. The van der Waals surface area contributed by atoms with Gasteiger partial charge in [-0.2, -0.15) is 0 Å². The van der Waals surface area contributed by atoms with E-state index in [0.717, 1.165) is 6.54 Å². The predicted molar refractivity (Wildman–Crippen MR) is 63.1 cm³/mol. The van der Waals surface area contributed by atoms with Gasteiger partial charge in [-0.25, -0.2) is 0 Å². The van der Waals surface area contributed by atoms with E-state index in [1.165, 1.54) is 6.92 Å².